The summed E-state index contributed by atoms with van der Waals surface area (Å²) in [4.78, 5) is 15.5. The first kappa shape index (κ1) is 21.8. The summed E-state index contributed by atoms with van der Waals surface area (Å²) in [6.45, 7) is 4.19. The third-order valence-electron chi connectivity index (χ3n) is 7.41. The van der Waals surface area contributed by atoms with E-state index >= 15 is 0 Å². The zero-order valence-corrected chi connectivity index (χ0v) is 19.4. The van der Waals surface area contributed by atoms with Crippen molar-refractivity contribution in [3.8, 4) is 0 Å². The van der Waals surface area contributed by atoms with E-state index in [1.54, 1.807) is 7.11 Å². The molecule has 0 radical (unpaired) electrons. The molecule has 1 unspecified atom stereocenters. The van der Waals surface area contributed by atoms with Crippen LogP contribution in [0.1, 0.15) is 71.2 Å². The van der Waals surface area contributed by atoms with Gasteiger partial charge in [0.05, 0.1) is 18.7 Å². The first-order chi connectivity index (χ1) is 16.1. The van der Waals surface area contributed by atoms with Gasteiger partial charge >= 0.3 is 0 Å². The third kappa shape index (κ3) is 4.08. The monoisotopic (exact) mass is 449 g/mol. The van der Waals surface area contributed by atoms with Crippen molar-refractivity contribution in [1.82, 2.24) is 24.8 Å². The average Bonchev–Trinajstić information content (AvgIpc) is 3.53. The molecule has 1 atom stereocenters. The lowest BCUT2D eigenvalue weighted by molar-refractivity contribution is 0.0744. The minimum atomic E-state index is -0.0829. The molecule has 3 heterocycles. The Morgan fingerprint density at radius 3 is 2.76 bits per heavy atom. The quantitative estimate of drug-likeness (QED) is 0.566. The summed E-state index contributed by atoms with van der Waals surface area (Å²) in [5.41, 5.74) is 2.34. The van der Waals surface area contributed by atoms with Gasteiger partial charge < -0.3 is 18.7 Å². The number of rotatable bonds is 6. The Morgan fingerprint density at radius 2 is 2.00 bits per heavy atom. The van der Waals surface area contributed by atoms with Gasteiger partial charge in [-0.1, -0.05) is 54.8 Å². The SMILES string of the molecule is COCc1c(C(=O)N2CC(c3nncn3Cc3ccccc3)C3(CCCCC3)C2)noc1C. The molecule has 1 aliphatic heterocycles. The Bertz CT molecular complexity index is 1100. The number of ether oxygens (including phenoxy) is 1. The zero-order valence-electron chi connectivity index (χ0n) is 19.4. The lowest BCUT2D eigenvalue weighted by Crippen LogP contribution is -2.35. The molecule has 2 aliphatic rings. The molecular weight excluding hydrogens is 418 g/mol. The summed E-state index contributed by atoms with van der Waals surface area (Å²) in [6, 6.07) is 10.4. The Kier molecular flexibility index (Phi) is 6.01. The maximum absolute atomic E-state index is 13.6. The van der Waals surface area contributed by atoms with Crippen LogP contribution < -0.4 is 0 Å². The summed E-state index contributed by atoms with van der Waals surface area (Å²) in [7, 11) is 1.61. The molecule has 3 aromatic rings. The molecule has 174 valence electrons. The van der Waals surface area contributed by atoms with Crippen LogP contribution in [0.4, 0.5) is 0 Å². The number of hydrogen-bond donors (Lipinski definition) is 0. The molecule has 5 rings (SSSR count). The number of benzene rings is 1. The number of aromatic nitrogens is 4. The summed E-state index contributed by atoms with van der Waals surface area (Å²) in [6.07, 6.45) is 7.64. The number of carbonyl (C=O) groups excluding carboxylic acids is 1. The molecule has 1 saturated carbocycles. The van der Waals surface area contributed by atoms with Crippen LogP contribution in [0.2, 0.25) is 0 Å². The first-order valence-electron chi connectivity index (χ1n) is 11.8. The molecule has 2 fully saturated rings. The highest BCUT2D eigenvalue weighted by molar-refractivity contribution is 5.94. The van der Waals surface area contributed by atoms with E-state index in [0.29, 0.717) is 31.2 Å². The van der Waals surface area contributed by atoms with Crippen molar-refractivity contribution in [2.75, 3.05) is 20.2 Å². The summed E-state index contributed by atoms with van der Waals surface area (Å²) < 4.78 is 12.8. The standard InChI is InChI=1S/C25H31N5O3/c1-18-20(15-32-2)22(28-33-18)24(31)29-14-21(25(16-29)11-7-4-8-12-25)23-27-26-17-30(23)13-19-9-5-3-6-10-19/h3,5-6,9-10,17,21H,4,7-8,11-16H2,1-2H3. The second-order valence-corrected chi connectivity index (χ2v) is 9.46. The highest BCUT2D eigenvalue weighted by Crippen LogP contribution is 2.52. The normalized spacial score (nSPS) is 19.9. The third-order valence-corrected chi connectivity index (χ3v) is 7.41. The first-order valence-corrected chi connectivity index (χ1v) is 11.8. The van der Waals surface area contributed by atoms with Crippen LogP contribution in [0.3, 0.4) is 0 Å². The van der Waals surface area contributed by atoms with Gasteiger partial charge in [-0.2, -0.15) is 0 Å². The Labute approximate surface area is 193 Å². The second-order valence-electron chi connectivity index (χ2n) is 9.46. The molecule has 2 aromatic heterocycles. The summed E-state index contributed by atoms with van der Waals surface area (Å²) in [5, 5.41) is 13.0. The fourth-order valence-electron chi connectivity index (χ4n) is 5.70. The Balaban J connectivity index is 1.46. The average molecular weight is 450 g/mol. The van der Waals surface area contributed by atoms with E-state index in [9.17, 15) is 4.79 Å². The van der Waals surface area contributed by atoms with Gasteiger partial charge in [-0.25, -0.2) is 0 Å². The van der Waals surface area contributed by atoms with Crippen LogP contribution in [-0.2, 0) is 17.9 Å². The van der Waals surface area contributed by atoms with Crippen LogP contribution in [0, 0.1) is 12.3 Å². The predicted octanol–water partition coefficient (Wildman–Crippen LogP) is 3.96. The lowest BCUT2D eigenvalue weighted by atomic mass is 9.67. The minimum Gasteiger partial charge on any atom is -0.380 e. The van der Waals surface area contributed by atoms with E-state index < -0.39 is 0 Å². The maximum Gasteiger partial charge on any atom is 0.276 e. The van der Waals surface area contributed by atoms with Gasteiger partial charge in [-0.3, -0.25) is 4.79 Å². The maximum atomic E-state index is 13.6. The molecule has 1 aliphatic carbocycles. The lowest BCUT2D eigenvalue weighted by Gasteiger charge is -2.37. The molecule has 1 amide bonds. The van der Waals surface area contributed by atoms with E-state index in [0.717, 1.165) is 30.8 Å². The summed E-state index contributed by atoms with van der Waals surface area (Å²) >= 11 is 0. The van der Waals surface area contributed by atoms with Crippen molar-refractivity contribution in [3.05, 3.63) is 65.1 Å². The molecule has 8 heteroatoms. The molecule has 1 saturated heterocycles. The van der Waals surface area contributed by atoms with E-state index in [4.69, 9.17) is 9.26 Å². The Morgan fingerprint density at radius 1 is 1.21 bits per heavy atom. The molecule has 0 bridgehead atoms. The fraction of sp³-hybridized carbons (Fsp3) is 0.520. The van der Waals surface area contributed by atoms with Crippen molar-refractivity contribution in [2.45, 2.75) is 58.1 Å². The van der Waals surface area contributed by atoms with Gasteiger partial charge in [0.25, 0.3) is 5.91 Å². The minimum absolute atomic E-state index is 0.0234. The van der Waals surface area contributed by atoms with Crippen LogP contribution in [0.5, 0.6) is 0 Å². The van der Waals surface area contributed by atoms with Crippen LogP contribution >= 0.6 is 0 Å². The van der Waals surface area contributed by atoms with Crippen molar-refractivity contribution < 1.29 is 14.1 Å². The van der Waals surface area contributed by atoms with Crippen LogP contribution in [0.15, 0.2) is 41.2 Å². The number of aryl methyl sites for hydroxylation is 1. The Hall–Kier alpha value is -3.00. The molecule has 8 nitrogen and oxygen atoms in total. The number of methoxy groups -OCH3 is 1. The highest BCUT2D eigenvalue weighted by atomic mass is 16.5. The predicted molar refractivity (Wildman–Crippen MR) is 122 cm³/mol. The van der Waals surface area contributed by atoms with Crippen LogP contribution in [-0.4, -0.2) is 50.9 Å². The smallest absolute Gasteiger partial charge is 0.276 e. The molecule has 1 aromatic carbocycles. The number of nitrogens with zero attached hydrogens (tertiary/aromatic N) is 5. The second kappa shape index (κ2) is 9.09. The van der Waals surface area contributed by atoms with Crippen molar-refractivity contribution >= 4 is 5.91 Å². The van der Waals surface area contributed by atoms with Gasteiger partial charge in [-0.05, 0) is 30.7 Å². The molecule has 0 N–H and O–H groups in total. The number of likely N-dealkylation sites (tertiary alicyclic amines) is 1. The molecule has 1 spiro atoms. The van der Waals surface area contributed by atoms with Crippen molar-refractivity contribution in [2.24, 2.45) is 5.41 Å². The summed E-state index contributed by atoms with van der Waals surface area (Å²) in [5.74, 6) is 1.67. The van der Waals surface area contributed by atoms with Crippen molar-refractivity contribution in [1.29, 1.82) is 0 Å². The number of carbonyl (C=O) groups is 1. The van der Waals surface area contributed by atoms with E-state index in [2.05, 4.69) is 44.2 Å². The van der Waals surface area contributed by atoms with Gasteiger partial charge in [0.15, 0.2) is 5.69 Å². The van der Waals surface area contributed by atoms with Gasteiger partial charge in [0.1, 0.15) is 17.9 Å². The van der Waals surface area contributed by atoms with E-state index in [-0.39, 0.29) is 17.2 Å². The number of hydrogen-bond acceptors (Lipinski definition) is 6. The fourth-order valence-corrected chi connectivity index (χ4v) is 5.70. The topological polar surface area (TPSA) is 86.3 Å². The van der Waals surface area contributed by atoms with Gasteiger partial charge in [-0.15, -0.1) is 10.2 Å². The van der Waals surface area contributed by atoms with Gasteiger partial charge in [0.2, 0.25) is 0 Å². The molecular formula is C25H31N5O3. The zero-order chi connectivity index (χ0) is 22.8. The number of amides is 1. The van der Waals surface area contributed by atoms with E-state index in [1.165, 1.54) is 24.8 Å². The van der Waals surface area contributed by atoms with Crippen molar-refractivity contribution in [3.63, 3.8) is 0 Å². The van der Waals surface area contributed by atoms with Crippen LogP contribution in [0.25, 0.3) is 0 Å². The highest BCUT2D eigenvalue weighted by Gasteiger charge is 2.51. The molecule has 33 heavy (non-hydrogen) atoms. The van der Waals surface area contributed by atoms with Gasteiger partial charge in [0, 0.05) is 26.1 Å². The largest absolute Gasteiger partial charge is 0.380 e. The van der Waals surface area contributed by atoms with E-state index in [1.807, 2.05) is 24.2 Å².